The second-order valence-electron chi connectivity index (χ2n) is 5.23. The molecular weight excluding hydrogens is 372 g/mol. The number of benzene rings is 1. The average molecular weight is 389 g/mol. The Labute approximate surface area is 149 Å². The van der Waals surface area contributed by atoms with Crippen LogP contribution in [0.5, 0.6) is 0 Å². The van der Waals surface area contributed by atoms with E-state index in [1.54, 1.807) is 12.1 Å². The molecule has 1 aromatic carbocycles. The van der Waals surface area contributed by atoms with Crippen molar-refractivity contribution >= 4 is 44.0 Å². The van der Waals surface area contributed by atoms with Gasteiger partial charge >= 0.3 is 0 Å². The van der Waals surface area contributed by atoms with Gasteiger partial charge < -0.3 is 5.32 Å². The maximum absolute atomic E-state index is 12.1. The molecule has 0 atom stereocenters. The number of hydrogen-bond donors (Lipinski definition) is 2. The van der Waals surface area contributed by atoms with Gasteiger partial charge in [-0.25, -0.2) is 13.1 Å². The van der Waals surface area contributed by atoms with Gasteiger partial charge in [0, 0.05) is 18.9 Å². The SMILES string of the molecule is CC(C)c1nnc(NC(=O)CCNS(=O)(=O)c2ccccc2Cl)s1. The predicted molar refractivity (Wildman–Crippen MR) is 93.9 cm³/mol. The fourth-order valence-corrected chi connectivity index (χ4v) is 4.05. The van der Waals surface area contributed by atoms with E-state index in [0.29, 0.717) is 5.13 Å². The van der Waals surface area contributed by atoms with Gasteiger partial charge in [0.25, 0.3) is 0 Å². The molecule has 2 aromatic rings. The van der Waals surface area contributed by atoms with Gasteiger partial charge in [0.1, 0.15) is 9.90 Å². The number of hydrogen-bond acceptors (Lipinski definition) is 6. The number of anilines is 1. The van der Waals surface area contributed by atoms with Crippen molar-refractivity contribution in [2.45, 2.75) is 31.1 Å². The molecule has 0 aliphatic carbocycles. The predicted octanol–water partition coefficient (Wildman–Crippen LogP) is 2.62. The van der Waals surface area contributed by atoms with E-state index in [4.69, 9.17) is 11.6 Å². The minimum atomic E-state index is -3.75. The Balaban J connectivity index is 1.87. The van der Waals surface area contributed by atoms with Gasteiger partial charge in [0.05, 0.1) is 5.02 Å². The molecule has 1 heterocycles. The van der Waals surface area contributed by atoms with Crippen molar-refractivity contribution in [1.82, 2.24) is 14.9 Å². The highest BCUT2D eigenvalue weighted by Crippen LogP contribution is 2.22. The normalized spacial score (nSPS) is 11.7. The summed E-state index contributed by atoms with van der Waals surface area (Å²) < 4.78 is 26.6. The summed E-state index contributed by atoms with van der Waals surface area (Å²) in [6.45, 7) is 3.92. The van der Waals surface area contributed by atoms with Crippen molar-refractivity contribution in [2.75, 3.05) is 11.9 Å². The Morgan fingerprint density at radius 2 is 2.00 bits per heavy atom. The van der Waals surface area contributed by atoms with E-state index in [2.05, 4.69) is 20.2 Å². The Kier molecular flexibility index (Phi) is 6.27. The van der Waals surface area contributed by atoms with E-state index in [-0.39, 0.29) is 34.7 Å². The van der Waals surface area contributed by atoms with Crippen molar-refractivity contribution < 1.29 is 13.2 Å². The van der Waals surface area contributed by atoms with Crippen LogP contribution in [0.4, 0.5) is 5.13 Å². The van der Waals surface area contributed by atoms with Gasteiger partial charge in [-0.15, -0.1) is 10.2 Å². The molecule has 0 aliphatic heterocycles. The molecule has 1 amide bonds. The number of nitrogens with zero attached hydrogens (tertiary/aromatic N) is 2. The smallest absolute Gasteiger partial charge is 0.242 e. The summed E-state index contributed by atoms with van der Waals surface area (Å²) in [7, 11) is -3.75. The first-order valence-corrected chi connectivity index (χ1v) is 9.85. The summed E-state index contributed by atoms with van der Waals surface area (Å²) in [5, 5.41) is 11.8. The van der Waals surface area contributed by atoms with E-state index in [9.17, 15) is 13.2 Å². The first-order chi connectivity index (χ1) is 11.3. The second kappa shape index (κ2) is 8.02. The zero-order chi connectivity index (χ0) is 17.7. The maximum Gasteiger partial charge on any atom is 0.242 e. The number of carbonyl (C=O) groups excluding carboxylic acids is 1. The quantitative estimate of drug-likeness (QED) is 0.759. The molecule has 0 bridgehead atoms. The third kappa shape index (κ3) is 4.97. The van der Waals surface area contributed by atoms with Gasteiger partial charge in [-0.3, -0.25) is 4.79 Å². The molecule has 7 nitrogen and oxygen atoms in total. The molecule has 0 aliphatic rings. The molecule has 1 aromatic heterocycles. The Morgan fingerprint density at radius 3 is 2.62 bits per heavy atom. The fraction of sp³-hybridized carbons (Fsp3) is 0.357. The Hall–Kier alpha value is -1.55. The number of sulfonamides is 1. The van der Waals surface area contributed by atoms with Crippen LogP contribution in [-0.4, -0.2) is 31.1 Å². The van der Waals surface area contributed by atoms with Gasteiger partial charge in [-0.2, -0.15) is 0 Å². The van der Waals surface area contributed by atoms with Crippen LogP contribution in [-0.2, 0) is 14.8 Å². The summed E-state index contributed by atoms with van der Waals surface area (Å²) in [4.78, 5) is 11.8. The van der Waals surface area contributed by atoms with Crippen LogP contribution in [0, 0.1) is 0 Å². The molecule has 0 spiro atoms. The maximum atomic E-state index is 12.1. The highest BCUT2D eigenvalue weighted by Gasteiger charge is 2.17. The van der Waals surface area contributed by atoms with Gasteiger partial charge in [0.15, 0.2) is 0 Å². The summed E-state index contributed by atoms with van der Waals surface area (Å²) in [6, 6.07) is 6.11. The van der Waals surface area contributed by atoms with E-state index in [0.717, 1.165) is 5.01 Å². The fourth-order valence-electron chi connectivity index (χ4n) is 1.74. The molecular formula is C14H17ClN4O3S2. The zero-order valence-electron chi connectivity index (χ0n) is 13.1. The van der Waals surface area contributed by atoms with Crippen molar-refractivity contribution in [3.05, 3.63) is 34.3 Å². The number of amides is 1. The molecule has 0 radical (unpaired) electrons. The lowest BCUT2D eigenvalue weighted by atomic mass is 10.2. The standard InChI is InChI=1S/C14H17ClN4O3S2/c1-9(2)13-18-19-14(23-13)17-12(20)7-8-16-24(21,22)11-6-4-3-5-10(11)15/h3-6,9,16H,7-8H2,1-2H3,(H,17,19,20). The summed E-state index contributed by atoms with van der Waals surface area (Å²) in [5.74, 6) is -0.112. The lowest BCUT2D eigenvalue weighted by molar-refractivity contribution is -0.116. The molecule has 10 heteroatoms. The van der Waals surface area contributed by atoms with Crippen LogP contribution in [0.25, 0.3) is 0 Å². The van der Waals surface area contributed by atoms with Crippen LogP contribution < -0.4 is 10.0 Å². The van der Waals surface area contributed by atoms with Crippen molar-refractivity contribution in [3.8, 4) is 0 Å². The third-order valence-electron chi connectivity index (χ3n) is 2.95. The highest BCUT2D eigenvalue weighted by molar-refractivity contribution is 7.89. The van der Waals surface area contributed by atoms with Crippen LogP contribution in [0.1, 0.15) is 31.2 Å². The lowest BCUT2D eigenvalue weighted by Gasteiger charge is -2.07. The van der Waals surface area contributed by atoms with Gasteiger partial charge in [-0.1, -0.05) is 48.9 Å². The van der Waals surface area contributed by atoms with Crippen molar-refractivity contribution in [3.63, 3.8) is 0 Å². The Morgan fingerprint density at radius 1 is 1.29 bits per heavy atom. The minimum absolute atomic E-state index is 0.0160. The largest absolute Gasteiger partial charge is 0.300 e. The zero-order valence-corrected chi connectivity index (χ0v) is 15.5. The molecule has 0 saturated carbocycles. The number of nitrogens with one attached hydrogen (secondary N) is 2. The topological polar surface area (TPSA) is 101 Å². The molecule has 130 valence electrons. The van der Waals surface area contributed by atoms with E-state index >= 15 is 0 Å². The van der Waals surface area contributed by atoms with Crippen LogP contribution >= 0.6 is 22.9 Å². The molecule has 2 N–H and O–H groups in total. The molecule has 0 fully saturated rings. The van der Waals surface area contributed by atoms with Crippen LogP contribution in [0.2, 0.25) is 5.02 Å². The minimum Gasteiger partial charge on any atom is -0.300 e. The first-order valence-electron chi connectivity index (χ1n) is 7.17. The molecule has 0 saturated heterocycles. The third-order valence-corrected chi connectivity index (χ3v) is 6.05. The summed E-state index contributed by atoms with van der Waals surface area (Å²) >= 11 is 7.17. The number of aromatic nitrogens is 2. The molecule has 0 unspecified atom stereocenters. The van der Waals surface area contributed by atoms with Crippen molar-refractivity contribution in [2.24, 2.45) is 0 Å². The van der Waals surface area contributed by atoms with Gasteiger partial charge in [0.2, 0.25) is 21.1 Å². The van der Waals surface area contributed by atoms with Gasteiger partial charge in [-0.05, 0) is 12.1 Å². The van der Waals surface area contributed by atoms with E-state index in [1.807, 2.05) is 13.8 Å². The van der Waals surface area contributed by atoms with Crippen LogP contribution in [0.15, 0.2) is 29.2 Å². The van der Waals surface area contributed by atoms with Crippen LogP contribution in [0.3, 0.4) is 0 Å². The summed E-state index contributed by atoms with van der Waals surface area (Å²) in [6.07, 6.45) is -0.0275. The lowest BCUT2D eigenvalue weighted by Crippen LogP contribution is -2.28. The first kappa shape index (κ1) is 18.8. The molecule has 24 heavy (non-hydrogen) atoms. The monoisotopic (exact) mass is 388 g/mol. The van der Waals surface area contributed by atoms with E-state index < -0.39 is 10.0 Å². The summed E-state index contributed by atoms with van der Waals surface area (Å²) in [5.41, 5.74) is 0. The molecule has 2 rings (SSSR count). The number of halogens is 1. The van der Waals surface area contributed by atoms with E-state index in [1.165, 1.54) is 23.5 Å². The Bertz CT molecular complexity index is 821. The number of carbonyl (C=O) groups is 1. The highest BCUT2D eigenvalue weighted by atomic mass is 35.5. The second-order valence-corrected chi connectivity index (χ2v) is 8.38. The number of rotatable bonds is 7. The average Bonchev–Trinajstić information content (AvgIpc) is 2.96. The van der Waals surface area contributed by atoms with Crippen molar-refractivity contribution in [1.29, 1.82) is 0 Å².